The van der Waals surface area contributed by atoms with Crippen LogP contribution in [0.1, 0.15) is 22.3 Å². The Morgan fingerprint density at radius 1 is 1.19 bits per heavy atom. The molecule has 0 aliphatic heterocycles. The van der Waals surface area contributed by atoms with Crippen LogP contribution >= 0.6 is 0 Å². The Bertz CT molecular complexity index is 555. The summed E-state index contributed by atoms with van der Waals surface area (Å²) in [6, 6.07) is 1.65. The number of aliphatic carboxylic acids is 1. The van der Waals surface area contributed by atoms with E-state index in [2.05, 4.69) is 0 Å². The van der Waals surface area contributed by atoms with E-state index in [4.69, 9.17) is 10.8 Å². The number of amides is 2. The first-order valence-electron chi connectivity index (χ1n) is 5.60. The summed E-state index contributed by atoms with van der Waals surface area (Å²) < 4.78 is 37.1. The van der Waals surface area contributed by atoms with Crippen LogP contribution in [0, 0.1) is 0 Å². The summed E-state index contributed by atoms with van der Waals surface area (Å²) in [5, 5.41) is 10.8. The molecule has 0 saturated heterocycles. The Labute approximate surface area is 116 Å². The largest absolute Gasteiger partial charge is 0.480 e. The van der Waals surface area contributed by atoms with Crippen LogP contribution < -0.4 is 11.1 Å². The Hall–Kier alpha value is -2.58. The number of alkyl halides is 3. The fourth-order valence-electron chi connectivity index (χ4n) is 1.45. The van der Waals surface area contributed by atoms with Gasteiger partial charge in [-0.25, -0.2) is 4.79 Å². The lowest BCUT2D eigenvalue weighted by atomic mass is 10.1. The molecule has 0 aromatic heterocycles. The Balaban J connectivity index is 2.83. The van der Waals surface area contributed by atoms with Crippen LogP contribution in [0.4, 0.5) is 13.2 Å². The highest BCUT2D eigenvalue weighted by Gasteiger charge is 2.30. The fourth-order valence-corrected chi connectivity index (χ4v) is 1.45. The molecule has 0 saturated carbocycles. The van der Waals surface area contributed by atoms with Gasteiger partial charge in [0.1, 0.15) is 6.04 Å². The molecule has 6 nitrogen and oxygen atoms in total. The zero-order valence-electron chi connectivity index (χ0n) is 10.5. The van der Waals surface area contributed by atoms with Gasteiger partial charge >= 0.3 is 12.1 Å². The molecule has 0 spiro atoms. The fraction of sp³-hybridized carbons (Fsp3) is 0.250. The maximum absolute atomic E-state index is 12.4. The first-order chi connectivity index (χ1) is 9.61. The third kappa shape index (κ3) is 4.79. The first-order valence-corrected chi connectivity index (χ1v) is 5.60. The summed E-state index contributed by atoms with van der Waals surface area (Å²) in [5.74, 6) is -3.33. The number of carbonyl (C=O) groups excluding carboxylic acids is 2. The number of carbonyl (C=O) groups is 3. The average molecular weight is 304 g/mol. The molecule has 0 aliphatic rings. The van der Waals surface area contributed by atoms with E-state index in [1.165, 1.54) is 0 Å². The molecule has 0 bridgehead atoms. The minimum absolute atomic E-state index is 0.168. The van der Waals surface area contributed by atoms with Gasteiger partial charge in [-0.1, -0.05) is 0 Å². The number of carboxylic acids is 1. The highest BCUT2D eigenvalue weighted by Crippen LogP contribution is 2.29. The van der Waals surface area contributed by atoms with Crippen molar-refractivity contribution in [3.63, 3.8) is 0 Å². The van der Waals surface area contributed by atoms with Crippen molar-refractivity contribution < 1.29 is 32.7 Å². The second-order valence-electron chi connectivity index (χ2n) is 4.11. The summed E-state index contributed by atoms with van der Waals surface area (Å²) in [4.78, 5) is 33.2. The molecule has 1 atom stereocenters. The Morgan fingerprint density at radius 3 is 2.10 bits per heavy atom. The lowest BCUT2D eigenvalue weighted by Gasteiger charge is -2.13. The van der Waals surface area contributed by atoms with E-state index in [9.17, 15) is 27.6 Å². The zero-order chi connectivity index (χ0) is 16.2. The standard InChI is InChI=1S/C12H11F3N2O4/c13-12(14,15)7-3-1-6(2-4-7)10(19)17-8(11(20)21)5-9(16)18/h1-4,8H,5H2,(H2,16,18)(H,17,19)(H,20,21). The summed E-state index contributed by atoms with van der Waals surface area (Å²) in [6.07, 6.45) is -5.16. The van der Waals surface area contributed by atoms with Crippen molar-refractivity contribution in [2.45, 2.75) is 18.6 Å². The van der Waals surface area contributed by atoms with Crippen molar-refractivity contribution in [2.24, 2.45) is 5.73 Å². The highest BCUT2D eigenvalue weighted by atomic mass is 19.4. The number of hydrogen-bond acceptors (Lipinski definition) is 3. The van der Waals surface area contributed by atoms with Gasteiger partial charge in [-0.3, -0.25) is 9.59 Å². The molecule has 114 valence electrons. The van der Waals surface area contributed by atoms with Crippen molar-refractivity contribution in [3.8, 4) is 0 Å². The SMILES string of the molecule is NC(=O)CC(NC(=O)c1ccc(C(F)(F)F)cc1)C(=O)O. The molecule has 0 aliphatic carbocycles. The van der Waals surface area contributed by atoms with Crippen LogP contribution in [0.5, 0.6) is 0 Å². The van der Waals surface area contributed by atoms with E-state index in [0.717, 1.165) is 12.1 Å². The normalized spacial score (nSPS) is 12.5. The predicted octanol–water partition coefficient (Wildman–Crippen LogP) is 0.764. The van der Waals surface area contributed by atoms with Gasteiger partial charge in [-0.05, 0) is 24.3 Å². The van der Waals surface area contributed by atoms with Crippen LogP contribution in [0.15, 0.2) is 24.3 Å². The number of rotatable bonds is 5. The zero-order valence-corrected chi connectivity index (χ0v) is 10.5. The molecule has 9 heteroatoms. The number of benzene rings is 1. The molecular weight excluding hydrogens is 293 g/mol. The van der Waals surface area contributed by atoms with Crippen molar-refractivity contribution in [3.05, 3.63) is 35.4 Å². The second-order valence-corrected chi connectivity index (χ2v) is 4.11. The molecule has 1 rings (SSSR count). The van der Waals surface area contributed by atoms with E-state index < -0.39 is 42.0 Å². The van der Waals surface area contributed by atoms with Crippen molar-refractivity contribution in [1.82, 2.24) is 5.32 Å². The minimum atomic E-state index is -4.54. The molecule has 1 aromatic rings. The number of hydrogen-bond donors (Lipinski definition) is 3. The minimum Gasteiger partial charge on any atom is -0.480 e. The molecule has 2 amide bonds. The van der Waals surface area contributed by atoms with Gasteiger partial charge in [0, 0.05) is 5.56 Å². The predicted molar refractivity (Wildman–Crippen MR) is 64.1 cm³/mol. The topological polar surface area (TPSA) is 109 Å². The number of primary amides is 1. The molecule has 1 aromatic carbocycles. The van der Waals surface area contributed by atoms with Crippen LogP contribution in [-0.4, -0.2) is 28.9 Å². The van der Waals surface area contributed by atoms with Crippen LogP contribution in [0.25, 0.3) is 0 Å². The third-order valence-electron chi connectivity index (χ3n) is 2.48. The molecular formula is C12H11F3N2O4. The number of carboxylic acid groups (broad SMARTS) is 1. The summed E-state index contributed by atoms with van der Waals surface area (Å²) in [5.41, 5.74) is 3.73. The average Bonchev–Trinajstić information content (AvgIpc) is 2.36. The van der Waals surface area contributed by atoms with Gasteiger partial charge in [0.25, 0.3) is 5.91 Å². The van der Waals surface area contributed by atoms with Crippen molar-refractivity contribution in [1.29, 1.82) is 0 Å². The second kappa shape index (κ2) is 6.25. The Morgan fingerprint density at radius 2 is 1.71 bits per heavy atom. The van der Waals surface area contributed by atoms with E-state index in [1.807, 2.05) is 5.32 Å². The molecule has 4 N–H and O–H groups in total. The summed E-state index contributed by atoms with van der Waals surface area (Å²) in [7, 11) is 0. The van der Waals surface area contributed by atoms with Crippen LogP contribution in [-0.2, 0) is 15.8 Å². The first kappa shape index (κ1) is 16.5. The van der Waals surface area contributed by atoms with Crippen molar-refractivity contribution in [2.75, 3.05) is 0 Å². The molecule has 21 heavy (non-hydrogen) atoms. The van der Waals surface area contributed by atoms with E-state index in [-0.39, 0.29) is 5.56 Å². The lowest BCUT2D eigenvalue weighted by Crippen LogP contribution is -2.43. The quantitative estimate of drug-likeness (QED) is 0.746. The van der Waals surface area contributed by atoms with E-state index in [1.54, 1.807) is 0 Å². The highest BCUT2D eigenvalue weighted by molar-refractivity contribution is 5.97. The van der Waals surface area contributed by atoms with Gasteiger partial charge in [-0.15, -0.1) is 0 Å². The third-order valence-corrected chi connectivity index (χ3v) is 2.48. The smallest absolute Gasteiger partial charge is 0.416 e. The number of nitrogens with two attached hydrogens (primary N) is 1. The van der Waals surface area contributed by atoms with E-state index in [0.29, 0.717) is 12.1 Å². The summed E-state index contributed by atoms with van der Waals surface area (Å²) >= 11 is 0. The van der Waals surface area contributed by atoms with Gasteiger partial charge in [0.15, 0.2) is 0 Å². The maximum Gasteiger partial charge on any atom is 0.416 e. The lowest BCUT2D eigenvalue weighted by molar-refractivity contribution is -0.141. The number of nitrogens with one attached hydrogen (secondary N) is 1. The summed E-state index contributed by atoms with van der Waals surface area (Å²) in [6.45, 7) is 0. The monoisotopic (exact) mass is 304 g/mol. The van der Waals surface area contributed by atoms with Gasteiger partial charge in [-0.2, -0.15) is 13.2 Å². The molecule has 0 radical (unpaired) electrons. The molecule has 0 heterocycles. The molecule has 1 unspecified atom stereocenters. The van der Waals surface area contributed by atoms with E-state index >= 15 is 0 Å². The number of halogens is 3. The Kier molecular flexibility index (Phi) is 4.90. The van der Waals surface area contributed by atoms with Crippen LogP contribution in [0.3, 0.4) is 0 Å². The van der Waals surface area contributed by atoms with Crippen LogP contribution in [0.2, 0.25) is 0 Å². The maximum atomic E-state index is 12.4. The van der Waals surface area contributed by atoms with Gasteiger partial charge in [0.2, 0.25) is 5.91 Å². The van der Waals surface area contributed by atoms with Crippen molar-refractivity contribution >= 4 is 17.8 Å². The molecule has 0 fully saturated rings. The van der Waals surface area contributed by atoms with Gasteiger partial charge in [0.05, 0.1) is 12.0 Å². The van der Waals surface area contributed by atoms with Gasteiger partial charge < -0.3 is 16.2 Å².